The van der Waals surface area contributed by atoms with E-state index >= 15 is 0 Å². The third kappa shape index (κ3) is 4.09. The molecule has 1 heterocycles. The Morgan fingerprint density at radius 1 is 1.30 bits per heavy atom. The van der Waals surface area contributed by atoms with E-state index in [9.17, 15) is 8.42 Å². The molecule has 0 N–H and O–H groups in total. The fourth-order valence-electron chi connectivity index (χ4n) is 1.40. The van der Waals surface area contributed by atoms with Gasteiger partial charge in [0.15, 0.2) is 28.0 Å². The molecule has 1 aromatic heterocycles. The van der Waals surface area contributed by atoms with Crippen molar-refractivity contribution in [3.05, 3.63) is 40.0 Å². The van der Waals surface area contributed by atoms with E-state index in [4.69, 9.17) is 32.5 Å². The van der Waals surface area contributed by atoms with E-state index < -0.39 is 9.84 Å². The first-order chi connectivity index (χ1) is 9.35. The van der Waals surface area contributed by atoms with Gasteiger partial charge in [0, 0.05) is 6.26 Å². The molecule has 2 rings (SSSR count). The van der Waals surface area contributed by atoms with Gasteiger partial charge in [-0.25, -0.2) is 8.42 Å². The minimum absolute atomic E-state index is 0.0553. The molecule has 6 nitrogen and oxygen atoms in total. The van der Waals surface area contributed by atoms with Crippen molar-refractivity contribution in [2.24, 2.45) is 0 Å². The van der Waals surface area contributed by atoms with E-state index in [1.165, 1.54) is 0 Å². The zero-order valence-electron chi connectivity index (χ0n) is 10.3. The van der Waals surface area contributed by atoms with Crippen LogP contribution in [-0.4, -0.2) is 24.8 Å². The summed E-state index contributed by atoms with van der Waals surface area (Å²) in [5.74, 6) is 0.235. The van der Waals surface area contributed by atoms with Gasteiger partial charge in [0.1, 0.15) is 5.75 Å². The summed E-state index contributed by atoms with van der Waals surface area (Å²) in [4.78, 5) is 3.90. The van der Waals surface area contributed by atoms with Gasteiger partial charge in [-0.2, -0.15) is 4.98 Å². The van der Waals surface area contributed by atoms with Crippen molar-refractivity contribution in [3.63, 3.8) is 0 Å². The maximum Gasteiger partial charge on any atom is 0.264 e. The van der Waals surface area contributed by atoms with Crippen molar-refractivity contribution in [2.45, 2.75) is 12.4 Å². The topological polar surface area (TPSA) is 82.3 Å². The molecule has 0 aliphatic heterocycles. The van der Waals surface area contributed by atoms with Crippen molar-refractivity contribution < 1.29 is 17.7 Å². The van der Waals surface area contributed by atoms with Crippen LogP contribution in [0.4, 0.5) is 0 Å². The number of benzene rings is 1. The number of nitrogens with zero attached hydrogens (tertiary/aromatic N) is 2. The first-order valence-corrected chi connectivity index (χ1v) is 8.23. The second-order valence-electron chi connectivity index (χ2n) is 4.01. The van der Waals surface area contributed by atoms with Gasteiger partial charge >= 0.3 is 0 Å². The molecule has 1 aromatic carbocycles. The Balaban J connectivity index is 2.05. The SMILES string of the molecule is CS(=O)(=O)Cc1noc(COc2c(Cl)cccc2Cl)n1. The summed E-state index contributed by atoms with van der Waals surface area (Å²) in [6.07, 6.45) is 1.09. The lowest BCUT2D eigenvalue weighted by molar-refractivity contribution is 0.243. The zero-order chi connectivity index (χ0) is 14.8. The molecular formula is C11H10Cl2N2O4S. The summed E-state index contributed by atoms with van der Waals surface area (Å²) in [6, 6.07) is 4.95. The molecular weight excluding hydrogens is 327 g/mol. The summed E-state index contributed by atoms with van der Waals surface area (Å²) >= 11 is 11.9. The van der Waals surface area contributed by atoms with Crippen LogP contribution in [0.5, 0.6) is 5.75 Å². The summed E-state index contributed by atoms with van der Waals surface area (Å²) < 4.78 is 32.4. The molecule has 20 heavy (non-hydrogen) atoms. The molecule has 0 spiro atoms. The highest BCUT2D eigenvalue weighted by molar-refractivity contribution is 7.89. The van der Waals surface area contributed by atoms with Crippen molar-refractivity contribution in [1.82, 2.24) is 10.1 Å². The van der Waals surface area contributed by atoms with E-state index in [1.54, 1.807) is 18.2 Å². The number of hydrogen-bond acceptors (Lipinski definition) is 6. The van der Waals surface area contributed by atoms with E-state index in [1.807, 2.05) is 0 Å². The molecule has 0 radical (unpaired) electrons. The average molecular weight is 337 g/mol. The molecule has 2 aromatic rings. The van der Waals surface area contributed by atoms with Crippen molar-refractivity contribution in [2.75, 3.05) is 6.26 Å². The van der Waals surface area contributed by atoms with Crippen LogP contribution in [-0.2, 0) is 22.2 Å². The standard InChI is InChI=1S/C11H10Cl2N2O4S/c1-20(16,17)6-9-14-10(19-15-9)5-18-11-7(12)3-2-4-8(11)13/h2-4H,5-6H2,1H3. The smallest absolute Gasteiger partial charge is 0.264 e. The molecule has 9 heteroatoms. The lowest BCUT2D eigenvalue weighted by atomic mass is 10.3. The molecule has 0 aliphatic rings. The lowest BCUT2D eigenvalue weighted by Crippen LogP contribution is -2.03. The fraction of sp³-hybridized carbons (Fsp3) is 0.273. The van der Waals surface area contributed by atoms with Gasteiger partial charge < -0.3 is 9.26 Å². The highest BCUT2D eigenvalue weighted by Gasteiger charge is 2.14. The Labute approximate surface area is 125 Å². The van der Waals surface area contributed by atoms with Crippen molar-refractivity contribution in [3.8, 4) is 5.75 Å². The highest BCUT2D eigenvalue weighted by Crippen LogP contribution is 2.32. The second-order valence-corrected chi connectivity index (χ2v) is 6.97. The number of hydrogen-bond donors (Lipinski definition) is 0. The van der Waals surface area contributed by atoms with Crippen LogP contribution < -0.4 is 4.74 Å². The third-order valence-corrected chi connectivity index (χ3v) is 3.54. The minimum Gasteiger partial charge on any atom is -0.481 e. The number of ether oxygens (including phenoxy) is 1. The number of halogens is 2. The normalized spacial score (nSPS) is 11.6. The van der Waals surface area contributed by atoms with Crippen molar-refractivity contribution in [1.29, 1.82) is 0 Å². The molecule has 0 fully saturated rings. The maximum atomic E-state index is 11.1. The molecule has 0 atom stereocenters. The Morgan fingerprint density at radius 3 is 2.55 bits per heavy atom. The Morgan fingerprint density at radius 2 is 1.95 bits per heavy atom. The fourth-order valence-corrected chi connectivity index (χ4v) is 2.49. The number of para-hydroxylation sites is 1. The van der Waals surface area contributed by atoms with Crippen molar-refractivity contribution >= 4 is 33.0 Å². The van der Waals surface area contributed by atoms with Crippen LogP contribution >= 0.6 is 23.2 Å². The zero-order valence-corrected chi connectivity index (χ0v) is 12.7. The predicted molar refractivity (Wildman–Crippen MR) is 73.6 cm³/mol. The summed E-state index contributed by atoms with van der Waals surface area (Å²) in [5.41, 5.74) is 0. The molecule has 108 valence electrons. The molecule has 0 unspecified atom stereocenters. The van der Waals surface area contributed by atoms with Crippen LogP contribution in [0.25, 0.3) is 0 Å². The Bertz CT molecular complexity index is 695. The summed E-state index contributed by atoms with van der Waals surface area (Å²) in [7, 11) is -3.21. The van der Waals surface area contributed by atoms with Gasteiger partial charge in [0.2, 0.25) is 0 Å². The first kappa shape index (κ1) is 15.1. The van der Waals surface area contributed by atoms with Gasteiger partial charge in [-0.15, -0.1) is 0 Å². The average Bonchev–Trinajstić information content (AvgIpc) is 2.73. The summed E-state index contributed by atoms with van der Waals surface area (Å²) in [6.45, 7) is -0.0553. The minimum atomic E-state index is -3.21. The van der Waals surface area contributed by atoms with Crippen LogP contribution in [0.1, 0.15) is 11.7 Å². The van der Waals surface area contributed by atoms with Crippen LogP contribution in [0.15, 0.2) is 22.7 Å². The van der Waals surface area contributed by atoms with Gasteiger partial charge in [-0.3, -0.25) is 0 Å². The van der Waals surface area contributed by atoms with Crippen LogP contribution in [0, 0.1) is 0 Å². The Hall–Kier alpha value is -1.31. The van der Waals surface area contributed by atoms with Crippen LogP contribution in [0.2, 0.25) is 10.0 Å². The molecule has 0 amide bonds. The van der Waals surface area contributed by atoms with Gasteiger partial charge in [-0.1, -0.05) is 34.4 Å². The van der Waals surface area contributed by atoms with Gasteiger partial charge in [0.25, 0.3) is 5.89 Å². The van der Waals surface area contributed by atoms with E-state index in [2.05, 4.69) is 10.1 Å². The number of sulfone groups is 1. The third-order valence-electron chi connectivity index (χ3n) is 2.16. The van der Waals surface area contributed by atoms with Gasteiger partial charge in [0.05, 0.1) is 10.0 Å². The summed E-state index contributed by atoms with van der Waals surface area (Å²) in [5, 5.41) is 4.26. The lowest BCUT2D eigenvalue weighted by Gasteiger charge is -2.06. The van der Waals surface area contributed by atoms with E-state index in [0.717, 1.165) is 6.26 Å². The van der Waals surface area contributed by atoms with E-state index in [-0.39, 0.29) is 24.1 Å². The molecule has 0 bridgehead atoms. The van der Waals surface area contributed by atoms with E-state index in [0.29, 0.717) is 15.8 Å². The largest absolute Gasteiger partial charge is 0.481 e. The molecule has 0 saturated heterocycles. The second kappa shape index (κ2) is 5.99. The number of aromatic nitrogens is 2. The quantitative estimate of drug-likeness (QED) is 0.834. The van der Waals surface area contributed by atoms with Crippen LogP contribution in [0.3, 0.4) is 0 Å². The first-order valence-electron chi connectivity index (χ1n) is 5.41. The maximum absolute atomic E-state index is 11.1. The Kier molecular flexibility index (Phi) is 4.52. The highest BCUT2D eigenvalue weighted by atomic mass is 35.5. The van der Waals surface area contributed by atoms with Gasteiger partial charge in [-0.05, 0) is 12.1 Å². The predicted octanol–water partition coefficient (Wildman–Crippen LogP) is 2.50. The monoisotopic (exact) mass is 336 g/mol. The molecule has 0 aliphatic carbocycles. The number of rotatable bonds is 5. The molecule has 0 saturated carbocycles.